The summed E-state index contributed by atoms with van der Waals surface area (Å²) in [6.45, 7) is 6.46. The maximum atomic E-state index is 13.3. The first-order valence-corrected chi connectivity index (χ1v) is 8.95. The molecule has 0 bridgehead atoms. The van der Waals surface area contributed by atoms with Crippen LogP contribution in [-0.2, 0) is 11.0 Å². The van der Waals surface area contributed by atoms with E-state index in [1.54, 1.807) is 16.8 Å². The van der Waals surface area contributed by atoms with Gasteiger partial charge in [-0.15, -0.1) is 0 Å². The van der Waals surface area contributed by atoms with E-state index in [1.807, 2.05) is 20.8 Å². The van der Waals surface area contributed by atoms with E-state index in [-0.39, 0.29) is 17.8 Å². The molecule has 1 aliphatic rings. The van der Waals surface area contributed by atoms with Gasteiger partial charge in [0.1, 0.15) is 5.82 Å². The van der Waals surface area contributed by atoms with Crippen LogP contribution >= 0.6 is 15.9 Å². The second kappa shape index (κ2) is 7.13. The molecule has 1 fully saturated rings. The summed E-state index contributed by atoms with van der Waals surface area (Å²) in [4.78, 5) is 19.8. The van der Waals surface area contributed by atoms with Gasteiger partial charge in [0.05, 0.1) is 5.56 Å². The van der Waals surface area contributed by atoms with Crippen LogP contribution in [0.1, 0.15) is 39.2 Å². The molecule has 4 nitrogen and oxygen atoms in total. The number of alkyl halides is 3. The number of pyridine rings is 1. The van der Waals surface area contributed by atoms with Crippen molar-refractivity contribution >= 4 is 27.7 Å². The number of carbonyl (C=O) groups is 1. The Labute approximate surface area is 154 Å². The molecule has 0 atom stereocenters. The molecule has 0 aromatic carbocycles. The van der Waals surface area contributed by atoms with Crippen molar-refractivity contribution in [3.63, 3.8) is 0 Å². The van der Waals surface area contributed by atoms with Crippen molar-refractivity contribution in [3.05, 3.63) is 22.3 Å². The molecule has 140 valence electrons. The maximum absolute atomic E-state index is 13.3. The topological polar surface area (TPSA) is 36.4 Å². The van der Waals surface area contributed by atoms with E-state index >= 15 is 0 Å². The Kier molecular flexibility index (Phi) is 5.71. The Hall–Kier alpha value is -1.31. The molecule has 0 spiro atoms. The summed E-state index contributed by atoms with van der Waals surface area (Å²) in [5.41, 5.74) is -1.21. The van der Waals surface area contributed by atoms with Crippen molar-refractivity contribution < 1.29 is 18.0 Å². The Morgan fingerprint density at radius 3 is 2.32 bits per heavy atom. The van der Waals surface area contributed by atoms with Gasteiger partial charge in [-0.2, -0.15) is 13.2 Å². The second-order valence-corrected chi connectivity index (χ2v) is 8.32. The first-order valence-electron chi connectivity index (χ1n) is 8.16. The zero-order chi connectivity index (χ0) is 19.0. The molecule has 8 heteroatoms. The summed E-state index contributed by atoms with van der Waals surface area (Å²) in [5.74, 6) is 0.00245. The fraction of sp³-hybridized carbons (Fsp3) is 0.647. The summed E-state index contributed by atoms with van der Waals surface area (Å²) in [5, 5.41) is 0. The van der Waals surface area contributed by atoms with Crippen LogP contribution in [0.25, 0.3) is 0 Å². The lowest BCUT2D eigenvalue weighted by atomic mass is 9.92. The third-order valence-corrected chi connectivity index (χ3v) is 4.85. The van der Waals surface area contributed by atoms with Gasteiger partial charge >= 0.3 is 6.18 Å². The van der Waals surface area contributed by atoms with E-state index in [2.05, 4.69) is 20.9 Å². The highest BCUT2D eigenvalue weighted by Gasteiger charge is 2.38. The normalized spacial score (nSPS) is 16.9. The number of nitrogens with zero attached hydrogens (tertiary/aromatic N) is 3. The molecular formula is C17H23BrF3N3O. The van der Waals surface area contributed by atoms with Gasteiger partial charge in [0, 0.05) is 42.3 Å². The van der Waals surface area contributed by atoms with Crippen molar-refractivity contribution in [2.24, 2.45) is 5.41 Å². The number of amides is 1. The minimum Gasteiger partial charge on any atom is -0.356 e. The minimum absolute atomic E-state index is 0.0350. The Bertz CT molecular complexity index is 635. The Morgan fingerprint density at radius 2 is 1.84 bits per heavy atom. The number of piperidine rings is 1. The summed E-state index contributed by atoms with van der Waals surface area (Å²) in [7, 11) is 1.77. The predicted octanol–water partition coefficient (Wildman–Crippen LogP) is 4.34. The Balaban J connectivity index is 2.12. The van der Waals surface area contributed by atoms with Crippen molar-refractivity contribution in [3.8, 4) is 0 Å². The number of rotatable bonds is 2. The second-order valence-electron chi connectivity index (χ2n) is 7.41. The molecule has 0 saturated carbocycles. The molecular weight excluding hydrogens is 399 g/mol. The van der Waals surface area contributed by atoms with Gasteiger partial charge < -0.3 is 9.80 Å². The quantitative estimate of drug-likeness (QED) is 0.712. The molecule has 2 rings (SSSR count). The summed E-state index contributed by atoms with van der Waals surface area (Å²) >= 11 is 3.05. The molecule has 0 aliphatic carbocycles. The van der Waals surface area contributed by atoms with Crippen LogP contribution in [0.5, 0.6) is 0 Å². The first-order chi connectivity index (χ1) is 11.4. The van der Waals surface area contributed by atoms with Crippen molar-refractivity contribution in [1.29, 1.82) is 0 Å². The minimum atomic E-state index is -4.46. The lowest BCUT2D eigenvalue weighted by Gasteiger charge is -2.39. The molecule has 1 amide bonds. The number of hydrogen-bond acceptors (Lipinski definition) is 3. The lowest BCUT2D eigenvalue weighted by molar-refractivity contribution is -0.140. The van der Waals surface area contributed by atoms with Crippen molar-refractivity contribution in [1.82, 2.24) is 9.88 Å². The number of halogens is 4. The monoisotopic (exact) mass is 421 g/mol. The van der Waals surface area contributed by atoms with Crippen molar-refractivity contribution in [2.45, 2.75) is 45.8 Å². The number of carbonyl (C=O) groups excluding carboxylic acids is 1. The van der Waals surface area contributed by atoms with Crippen LogP contribution in [0.3, 0.4) is 0 Å². The van der Waals surface area contributed by atoms with Crippen LogP contribution < -0.4 is 4.90 Å². The van der Waals surface area contributed by atoms with Gasteiger partial charge in [-0.1, -0.05) is 20.8 Å². The average molecular weight is 422 g/mol. The standard InChI is InChI=1S/C17H23BrF3N3O/c1-16(2,3)15(25)23(4)12-5-7-24(8-6-12)14-13(17(19,20)21)9-11(18)10-22-14/h9-10,12H,5-8H2,1-4H3. The van der Waals surface area contributed by atoms with Crippen LogP contribution in [0.15, 0.2) is 16.7 Å². The van der Waals surface area contributed by atoms with Crippen LogP contribution in [-0.4, -0.2) is 42.0 Å². The maximum Gasteiger partial charge on any atom is 0.419 e. The predicted molar refractivity (Wildman–Crippen MR) is 94.4 cm³/mol. The number of hydrogen-bond donors (Lipinski definition) is 0. The first kappa shape index (κ1) is 20.0. The van der Waals surface area contributed by atoms with Crippen LogP contribution in [0.2, 0.25) is 0 Å². The zero-order valence-corrected chi connectivity index (χ0v) is 16.4. The van der Waals surface area contributed by atoms with Gasteiger partial charge in [0.15, 0.2) is 0 Å². The van der Waals surface area contributed by atoms with Gasteiger partial charge in [-0.05, 0) is 34.8 Å². The third kappa shape index (κ3) is 4.65. The lowest BCUT2D eigenvalue weighted by Crippen LogP contribution is -2.49. The van der Waals surface area contributed by atoms with Gasteiger partial charge in [0.2, 0.25) is 5.91 Å². The summed E-state index contributed by atoms with van der Waals surface area (Å²) in [6, 6.07) is 1.09. The highest BCUT2D eigenvalue weighted by molar-refractivity contribution is 9.10. The van der Waals surface area contributed by atoms with E-state index < -0.39 is 17.2 Å². The van der Waals surface area contributed by atoms with E-state index in [0.717, 1.165) is 6.07 Å². The highest BCUT2D eigenvalue weighted by atomic mass is 79.9. The molecule has 1 aliphatic heterocycles. The summed E-state index contributed by atoms with van der Waals surface area (Å²) < 4.78 is 40.2. The molecule has 1 aromatic rings. The van der Waals surface area contributed by atoms with E-state index in [4.69, 9.17) is 0 Å². The molecule has 2 heterocycles. The van der Waals surface area contributed by atoms with Gasteiger partial charge in [-0.25, -0.2) is 4.98 Å². The number of aromatic nitrogens is 1. The van der Waals surface area contributed by atoms with Crippen LogP contribution in [0, 0.1) is 5.41 Å². The average Bonchev–Trinajstić information content (AvgIpc) is 2.52. The Morgan fingerprint density at radius 1 is 1.28 bits per heavy atom. The zero-order valence-electron chi connectivity index (χ0n) is 14.8. The molecule has 0 N–H and O–H groups in total. The molecule has 1 aromatic heterocycles. The van der Waals surface area contributed by atoms with E-state index in [0.29, 0.717) is 30.4 Å². The van der Waals surface area contributed by atoms with Crippen molar-refractivity contribution in [2.75, 3.05) is 25.0 Å². The van der Waals surface area contributed by atoms with Gasteiger partial charge in [-0.3, -0.25) is 4.79 Å². The molecule has 1 saturated heterocycles. The fourth-order valence-corrected chi connectivity index (χ4v) is 3.38. The molecule has 0 unspecified atom stereocenters. The SMILES string of the molecule is CN(C(=O)C(C)(C)C)C1CCN(c2ncc(Br)cc2C(F)(F)F)CC1. The third-order valence-electron chi connectivity index (χ3n) is 4.41. The van der Waals surface area contributed by atoms with Gasteiger partial charge in [0.25, 0.3) is 0 Å². The fourth-order valence-electron chi connectivity index (χ4n) is 3.05. The summed E-state index contributed by atoms with van der Waals surface area (Å²) in [6.07, 6.45) is -1.84. The smallest absolute Gasteiger partial charge is 0.356 e. The van der Waals surface area contributed by atoms with Crippen LogP contribution in [0.4, 0.5) is 19.0 Å². The largest absolute Gasteiger partial charge is 0.419 e. The number of anilines is 1. The molecule has 0 radical (unpaired) electrons. The molecule has 25 heavy (non-hydrogen) atoms. The van der Waals surface area contributed by atoms with E-state index in [9.17, 15) is 18.0 Å². The van der Waals surface area contributed by atoms with E-state index in [1.165, 1.54) is 6.20 Å². The highest BCUT2D eigenvalue weighted by Crippen LogP contribution is 2.38.